The molecule has 0 bridgehead atoms. The molecule has 0 aromatic carbocycles. The standard InChI is InChI=1S/C5H11OSi.Ta/c7-5-3-1-2-4-6-5;/h1-4H2,7H3;. The Hall–Kier alpha value is 0.917. The Morgan fingerprint density at radius 2 is 2.25 bits per heavy atom. The predicted octanol–water partition coefficient (Wildman–Crippen LogP) is -0.247. The Labute approximate surface area is 65.5 Å². The first-order valence-corrected chi connectivity index (χ1v) is 5.68. The van der Waals surface area contributed by atoms with Crippen molar-refractivity contribution < 1.29 is 25.8 Å². The van der Waals surface area contributed by atoms with Crippen molar-refractivity contribution in [3.05, 3.63) is 0 Å². The molecule has 1 nitrogen and oxygen atoms in total. The van der Waals surface area contributed by atoms with Gasteiger partial charge < -0.3 is 0 Å². The fraction of sp³-hybridized carbons (Fsp3) is 1.00. The summed E-state index contributed by atoms with van der Waals surface area (Å²) in [7, 11) is 1.24. The van der Waals surface area contributed by atoms with E-state index in [-0.39, 0.29) is 0 Å². The van der Waals surface area contributed by atoms with Gasteiger partial charge in [0, 0.05) is 0 Å². The van der Waals surface area contributed by atoms with Crippen LogP contribution in [0.1, 0.15) is 19.3 Å². The fourth-order valence-corrected chi connectivity index (χ4v) is 2.37. The third-order valence-corrected chi connectivity index (χ3v) is 3.50. The Morgan fingerprint density at radius 3 is 2.50 bits per heavy atom. The first kappa shape index (κ1) is 7.03. The van der Waals surface area contributed by atoms with Crippen molar-refractivity contribution in [3.8, 4) is 0 Å². The maximum absolute atomic E-state index is 5.58. The molecule has 0 spiro atoms. The van der Waals surface area contributed by atoms with Crippen LogP contribution in [0, 0.1) is 0 Å². The van der Waals surface area contributed by atoms with Gasteiger partial charge in [-0.1, -0.05) is 0 Å². The summed E-state index contributed by atoms with van der Waals surface area (Å²) in [6, 6.07) is 0. The van der Waals surface area contributed by atoms with Crippen molar-refractivity contribution in [2.24, 2.45) is 0 Å². The van der Waals surface area contributed by atoms with E-state index in [4.69, 9.17) is 4.74 Å². The van der Waals surface area contributed by atoms with E-state index in [1.165, 1.54) is 50.6 Å². The molecule has 1 aliphatic rings. The molecule has 1 atom stereocenters. The molecule has 0 saturated carbocycles. The van der Waals surface area contributed by atoms with Crippen molar-refractivity contribution in [2.75, 3.05) is 6.61 Å². The van der Waals surface area contributed by atoms with Crippen molar-refractivity contribution >= 4 is 10.2 Å². The molecule has 1 fully saturated rings. The Kier molecular flexibility index (Phi) is 2.34. The zero-order valence-electron chi connectivity index (χ0n) is 5.18. The Morgan fingerprint density at radius 1 is 1.50 bits per heavy atom. The van der Waals surface area contributed by atoms with Gasteiger partial charge >= 0.3 is 65.4 Å². The second kappa shape index (κ2) is 2.67. The first-order chi connectivity index (χ1) is 3.71. The fourth-order valence-electron chi connectivity index (χ4n) is 0.919. The van der Waals surface area contributed by atoms with Crippen molar-refractivity contribution in [1.29, 1.82) is 0 Å². The van der Waals surface area contributed by atoms with Gasteiger partial charge in [-0.05, 0) is 0 Å². The zero-order valence-corrected chi connectivity index (χ0v) is 10.4. The van der Waals surface area contributed by atoms with Gasteiger partial charge in [0.1, 0.15) is 0 Å². The van der Waals surface area contributed by atoms with Gasteiger partial charge in [0.05, 0.1) is 0 Å². The average molecular weight is 296 g/mol. The molecule has 8 heavy (non-hydrogen) atoms. The molecular weight excluding hydrogens is 285 g/mol. The van der Waals surface area contributed by atoms with E-state index in [0.717, 1.165) is 6.61 Å². The van der Waals surface area contributed by atoms with Gasteiger partial charge in [-0.25, -0.2) is 0 Å². The molecule has 0 aliphatic carbocycles. The average Bonchev–Trinajstić information content (AvgIpc) is 1.65. The molecule has 0 radical (unpaired) electrons. The topological polar surface area (TPSA) is 9.23 Å². The van der Waals surface area contributed by atoms with Crippen LogP contribution in [0.2, 0.25) is 0 Å². The van der Waals surface area contributed by atoms with Crippen LogP contribution in [-0.2, 0) is 25.8 Å². The van der Waals surface area contributed by atoms with Crippen LogP contribution in [0.3, 0.4) is 0 Å². The monoisotopic (exact) mass is 296 g/mol. The minimum atomic E-state index is 0.429. The molecule has 0 amide bonds. The van der Waals surface area contributed by atoms with Crippen molar-refractivity contribution in [2.45, 2.75) is 22.7 Å². The quantitative estimate of drug-likeness (QED) is 0.560. The summed E-state index contributed by atoms with van der Waals surface area (Å²) < 4.78 is 6.01. The van der Waals surface area contributed by atoms with Gasteiger partial charge in [0.15, 0.2) is 0 Å². The molecule has 46 valence electrons. The van der Waals surface area contributed by atoms with Gasteiger partial charge in [0.25, 0.3) is 0 Å². The van der Waals surface area contributed by atoms with Crippen LogP contribution in [0.25, 0.3) is 0 Å². The zero-order chi connectivity index (χ0) is 6.04. The Bertz CT molecular complexity index is 76.5. The summed E-state index contributed by atoms with van der Waals surface area (Å²) in [6.07, 6.45) is 4.04. The molecule has 0 aromatic rings. The van der Waals surface area contributed by atoms with Gasteiger partial charge in [-0.15, -0.1) is 0 Å². The second-order valence-electron chi connectivity index (χ2n) is 2.48. The van der Waals surface area contributed by atoms with Crippen LogP contribution in [-0.4, -0.2) is 20.3 Å². The van der Waals surface area contributed by atoms with Gasteiger partial charge in [0.2, 0.25) is 0 Å². The number of rotatable bonds is 0. The summed E-state index contributed by atoms with van der Waals surface area (Å²) >= 11 is 1.44. The van der Waals surface area contributed by atoms with Crippen LogP contribution in [0.5, 0.6) is 0 Å². The summed E-state index contributed by atoms with van der Waals surface area (Å²) in [4.78, 5) is 0. The summed E-state index contributed by atoms with van der Waals surface area (Å²) in [5.74, 6) is 0. The summed E-state index contributed by atoms with van der Waals surface area (Å²) in [5, 5.41) is 0. The summed E-state index contributed by atoms with van der Waals surface area (Å²) in [5.41, 5.74) is 0. The third-order valence-electron chi connectivity index (χ3n) is 1.45. The molecule has 0 aromatic heterocycles. The molecular formula is C5H11OSiTa. The predicted molar refractivity (Wildman–Crippen MR) is 32.5 cm³/mol. The molecule has 1 saturated heterocycles. The molecule has 0 N–H and O–H groups in total. The molecule has 1 rings (SSSR count). The van der Waals surface area contributed by atoms with E-state index in [2.05, 4.69) is 0 Å². The van der Waals surface area contributed by atoms with E-state index < -0.39 is 0 Å². The van der Waals surface area contributed by atoms with E-state index in [1.54, 1.807) is 0 Å². The van der Waals surface area contributed by atoms with Crippen LogP contribution >= 0.6 is 0 Å². The van der Waals surface area contributed by atoms with Crippen LogP contribution in [0.4, 0.5) is 0 Å². The maximum atomic E-state index is 5.58. The molecule has 1 heterocycles. The van der Waals surface area contributed by atoms with E-state index >= 15 is 0 Å². The van der Waals surface area contributed by atoms with E-state index in [0.29, 0.717) is 3.44 Å². The van der Waals surface area contributed by atoms with E-state index in [1.807, 2.05) is 0 Å². The molecule has 1 unspecified atom stereocenters. The molecule has 1 aliphatic heterocycles. The second-order valence-corrected chi connectivity index (χ2v) is 10.7. The molecule has 3 heteroatoms. The number of hydrogen-bond donors (Lipinski definition) is 0. The van der Waals surface area contributed by atoms with Gasteiger partial charge in [-0.3, -0.25) is 0 Å². The number of hydrogen-bond acceptors (Lipinski definition) is 1. The normalized spacial score (nSPS) is 40.0. The Balaban J connectivity index is 2.33. The van der Waals surface area contributed by atoms with E-state index in [9.17, 15) is 0 Å². The SMILES string of the molecule is [SiH3][C]1([Ta])CCCCO1. The third kappa shape index (κ3) is 2.03. The summed E-state index contributed by atoms with van der Waals surface area (Å²) in [6.45, 7) is 1.03. The van der Waals surface area contributed by atoms with Crippen molar-refractivity contribution in [1.82, 2.24) is 0 Å². The minimum absolute atomic E-state index is 0.429. The van der Waals surface area contributed by atoms with Crippen LogP contribution < -0.4 is 0 Å². The van der Waals surface area contributed by atoms with Crippen LogP contribution in [0.15, 0.2) is 0 Å². The first-order valence-electron chi connectivity index (χ1n) is 3.07. The van der Waals surface area contributed by atoms with Crippen molar-refractivity contribution in [3.63, 3.8) is 0 Å². The number of ether oxygens (including phenoxy) is 1. The van der Waals surface area contributed by atoms with Gasteiger partial charge in [-0.2, -0.15) is 0 Å².